The summed E-state index contributed by atoms with van der Waals surface area (Å²) in [5.41, 5.74) is 1.39. The van der Waals surface area contributed by atoms with Crippen molar-refractivity contribution in [3.63, 3.8) is 0 Å². The minimum Gasteiger partial charge on any atom is -0.489 e. The van der Waals surface area contributed by atoms with Gasteiger partial charge in [0.15, 0.2) is 0 Å². The molecule has 22 heavy (non-hydrogen) atoms. The molecule has 0 unspecified atom stereocenters. The number of rotatable bonds is 5. The summed E-state index contributed by atoms with van der Waals surface area (Å²) in [7, 11) is 0. The van der Waals surface area contributed by atoms with Crippen molar-refractivity contribution < 1.29 is 14.3 Å². The van der Waals surface area contributed by atoms with Crippen LogP contribution in [0.3, 0.4) is 0 Å². The fraction of sp³-hybridized carbons (Fsp3) is 0.176. The second-order valence-corrected chi connectivity index (χ2v) is 5.44. The molecule has 2 aromatic carbocycles. The fourth-order valence-corrected chi connectivity index (χ4v) is 2.00. The van der Waals surface area contributed by atoms with Gasteiger partial charge in [-0.15, -0.1) is 0 Å². The smallest absolute Gasteiger partial charge is 0.255 e. The van der Waals surface area contributed by atoms with E-state index in [2.05, 4.69) is 5.32 Å². The van der Waals surface area contributed by atoms with Crippen molar-refractivity contribution in [3.8, 4) is 5.75 Å². The summed E-state index contributed by atoms with van der Waals surface area (Å²) < 4.78 is 5.65. The maximum atomic E-state index is 12.3. The van der Waals surface area contributed by atoms with Gasteiger partial charge in [-0.3, -0.25) is 9.59 Å². The average Bonchev–Trinajstić information content (AvgIpc) is 2.49. The lowest BCUT2D eigenvalue weighted by atomic mass is 10.1. The molecule has 0 aliphatic carbocycles. The van der Waals surface area contributed by atoms with Crippen LogP contribution in [0, 0.1) is 0 Å². The van der Waals surface area contributed by atoms with Crippen LogP contribution in [0.2, 0.25) is 5.02 Å². The van der Waals surface area contributed by atoms with Gasteiger partial charge in [0.2, 0.25) is 0 Å². The highest BCUT2D eigenvalue weighted by Gasteiger charge is 2.12. The molecule has 0 atom stereocenters. The molecule has 0 aliphatic rings. The molecule has 0 saturated carbocycles. The molecule has 1 N–H and O–H groups in total. The number of carbonyl (C=O) groups excluding carboxylic acids is 2. The molecule has 0 saturated heterocycles. The van der Waals surface area contributed by atoms with Gasteiger partial charge >= 0.3 is 0 Å². The lowest BCUT2D eigenvalue weighted by Gasteiger charge is -2.15. The van der Waals surface area contributed by atoms with Crippen LogP contribution >= 0.6 is 11.6 Å². The lowest BCUT2D eigenvalue weighted by molar-refractivity contribution is 0.102. The van der Waals surface area contributed by atoms with Gasteiger partial charge in [0.05, 0.1) is 11.8 Å². The van der Waals surface area contributed by atoms with E-state index in [0.29, 0.717) is 27.6 Å². The fourth-order valence-electron chi connectivity index (χ4n) is 1.87. The number of hydrogen-bond donors (Lipinski definition) is 1. The predicted octanol–water partition coefficient (Wildman–Crippen LogP) is 4.19. The highest BCUT2D eigenvalue weighted by Crippen LogP contribution is 2.27. The van der Waals surface area contributed by atoms with E-state index in [4.69, 9.17) is 16.3 Å². The van der Waals surface area contributed by atoms with Crippen LogP contribution in [-0.2, 0) is 0 Å². The number of benzene rings is 2. The van der Waals surface area contributed by atoms with E-state index in [0.717, 1.165) is 6.29 Å². The van der Waals surface area contributed by atoms with Crippen molar-refractivity contribution in [2.45, 2.75) is 20.0 Å². The Hall–Kier alpha value is -2.33. The molecule has 0 radical (unpaired) electrons. The Morgan fingerprint density at radius 1 is 1.18 bits per heavy atom. The van der Waals surface area contributed by atoms with Gasteiger partial charge in [-0.25, -0.2) is 0 Å². The Bertz CT molecular complexity index is 681. The minimum atomic E-state index is -0.298. The van der Waals surface area contributed by atoms with Crippen molar-refractivity contribution in [1.29, 1.82) is 0 Å². The first-order chi connectivity index (χ1) is 10.5. The molecule has 5 heteroatoms. The first-order valence-electron chi connectivity index (χ1n) is 6.82. The van der Waals surface area contributed by atoms with Crippen molar-refractivity contribution in [3.05, 3.63) is 58.6 Å². The molecule has 0 spiro atoms. The maximum absolute atomic E-state index is 12.3. The standard InChI is InChI=1S/C17H16ClNO3/c1-11(2)22-16-8-3-12(10-20)9-15(16)19-17(21)13-4-6-14(18)7-5-13/h3-11H,1-2H3,(H,19,21). The van der Waals surface area contributed by atoms with Crippen LogP contribution in [0.1, 0.15) is 34.6 Å². The van der Waals surface area contributed by atoms with Gasteiger partial charge in [-0.05, 0) is 56.3 Å². The summed E-state index contributed by atoms with van der Waals surface area (Å²) in [5, 5.41) is 3.32. The molecular weight excluding hydrogens is 302 g/mol. The molecule has 1 amide bonds. The third-order valence-corrected chi connectivity index (χ3v) is 3.11. The normalized spacial score (nSPS) is 10.4. The molecule has 2 aromatic rings. The molecular formula is C17H16ClNO3. The van der Waals surface area contributed by atoms with E-state index in [9.17, 15) is 9.59 Å². The molecule has 2 rings (SSSR count). The number of amides is 1. The van der Waals surface area contributed by atoms with Gasteiger partial charge < -0.3 is 10.1 Å². The topological polar surface area (TPSA) is 55.4 Å². The maximum Gasteiger partial charge on any atom is 0.255 e. The minimum absolute atomic E-state index is 0.0479. The molecule has 0 bridgehead atoms. The Morgan fingerprint density at radius 3 is 2.45 bits per heavy atom. The highest BCUT2D eigenvalue weighted by molar-refractivity contribution is 6.30. The van der Waals surface area contributed by atoms with Crippen LogP contribution in [0.4, 0.5) is 5.69 Å². The summed E-state index contributed by atoms with van der Waals surface area (Å²) in [5.74, 6) is 0.219. The second-order valence-electron chi connectivity index (χ2n) is 5.00. The zero-order valence-electron chi connectivity index (χ0n) is 12.3. The largest absolute Gasteiger partial charge is 0.489 e. The highest BCUT2D eigenvalue weighted by atomic mass is 35.5. The number of aldehydes is 1. The van der Waals surface area contributed by atoms with E-state index in [-0.39, 0.29) is 12.0 Å². The Labute approximate surface area is 134 Å². The van der Waals surface area contributed by atoms with E-state index in [1.807, 2.05) is 13.8 Å². The molecule has 0 aliphatic heterocycles. The molecule has 0 aromatic heterocycles. The third-order valence-electron chi connectivity index (χ3n) is 2.86. The third kappa shape index (κ3) is 4.09. The van der Waals surface area contributed by atoms with Crippen molar-refractivity contribution in [2.24, 2.45) is 0 Å². The summed E-state index contributed by atoms with van der Waals surface area (Å²) in [6.45, 7) is 3.77. The predicted molar refractivity (Wildman–Crippen MR) is 87.0 cm³/mol. The average molecular weight is 318 g/mol. The SMILES string of the molecule is CC(C)Oc1ccc(C=O)cc1NC(=O)c1ccc(Cl)cc1. The van der Waals surface area contributed by atoms with Crippen molar-refractivity contribution in [2.75, 3.05) is 5.32 Å². The van der Waals surface area contributed by atoms with Crippen LogP contribution in [0.5, 0.6) is 5.75 Å². The summed E-state index contributed by atoms with van der Waals surface area (Å²) in [6, 6.07) is 11.4. The van der Waals surface area contributed by atoms with E-state index in [1.54, 1.807) is 42.5 Å². The van der Waals surface area contributed by atoms with E-state index >= 15 is 0 Å². The zero-order valence-corrected chi connectivity index (χ0v) is 13.1. The summed E-state index contributed by atoms with van der Waals surface area (Å²) >= 11 is 5.81. The first-order valence-corrected chi connectivity index (χ1v) is 7.20. The van der Waals surface area contributed by atoms with E-state index in [1.165, 1.54) is 0 Å². The molecule has 0 fully saturated rings. The van der Waals surface area contributed by atoms with E-state index < -0.39 is 0 Å². The number of ether oxygens (including phenoxy) is 1. The van der Waals surface area contributed by atoms with Gasteiger partial charge in [0, 0.05) is 16.1 Å². The Kier molecular flexibility index (Phi) is 5.17. The Balaban J connectivity index is 2.27. The molecule has 4 nitrogen and oxygen atoms in total. The number of anilines is 1. The zero-order chi connectivity index (χ0) is 16.1. The number of nitrogens with one attached hydrogen (secondary N) is 1. The number of carbonyl (C=O) groups is 2. The molecule has 0 heterocycles. The Morgan fingerprint density at radius 2 is 1.86 bits per heavy atom. The van der Waals surface area contributed by atoms with Crippen LogP contribution in [0.15, 0.2) is 42.5 Å². The van der Waals surface area contributed by atoms with Crippen LogP contribution in [0.25, 0.3) is 0 Å². The van der Waals surface area contributed by atoms with Gasteiger partial charge in [-0.1, -0.05) is 11.6 Å². The van der Waals surface area contributed by atoms with Crippen LogP contribution < -0.4 is 10.1 Å². The van der Waals surface area contributed by atoms with Gasteiger partial charge in [0.25, 0.3) is 5.91 Å². The van der Waals surface area contributed by atoms with Crippen LogP contribution in [-0.4, -0.2) is 18.3 Å². The van der Waals surface area contributed by atoms with Crippen molar-refractivity contribution in [1.82, 2.24) is 0 Å². The summed E-state index contributed by atoms with van der Waals surface area (Å²) in [4.78, 5) is 23.2. The monoisotopic (exact) mass is 317 g/mol. The quantitative estimate of drug-likeness (QED) is 0.841. The van der Waals surface area contributed by atoms with Gasteiger partial charge in [0.1, 0.15) is 12.0 Å². The molecule has 114 valence electrons. The number of hydrogen-bond acceptors (Lipinski definition) is 3. The second kappa shape index (κ2) is 7.09. The number of halogens is 1. The summed E-state index contributed by atoms with van der Waals surface area (Å²) in [6.07, 6.45) is 0.671. The van der Waals surface area contributed by atoms with Gasteiger partial charge in [-0.2, -0.15) is 0 Å². The lowest BCUT2D eigenvalue weighted by Crippen LogP contribution is -2.14. The first kappa shape index (κ1) is 16.0. The van der Waals surface area contributed by atoms with Crippen molar-refractivity contribution >= 4 is 29.5 Å².